The van der Waals surface area contributed by atoms with Crippen molar-refractivity contribution in [3.8, 4) is 5.75 Å². The van der Waals surface area contributed by atoms with Gasteiger partial charge in [-0.3, -0.25) is 0 Å². The molecule has 1 rings (SSSR count). The van der Waals surface area contributed by atoms with Gasteiger partial charge in [0.05, 0.1) is 7.11 Å². The molecule has 0 fully saturated rings. The van der Waals surface area contributed by atoms with Crippen LogP contribution in [-0.2, 0) is 5.41 Å². The lowest BCUT2D eigenvalue weighted by atomic mass is 9.80. The van der Waals surface area contributed by atoms with E-state index < -0.39 is 0 Å². The first-order valence-corrected chi connectivity index (χ1v) is 6.75. The minimum Gasteiger partial charge on any atom is -0.496 e. The summed E-state index contributed by atoms with van der Waals surface area (Å²) in [5, 5.41) is 3.47. The molecule has 0 aromatic heterocycles. The molecule has 19 heavy (non-hydrogen) atoms. The monoisotopic (exact) mass is 267 g/mol. The van der Waals surface area contributed by atoms with Crippen LogP contribution in [0, 0.1) is 5.82 Å². The summed E-state index contributed by atoms with van der Waals surface area (Å²) in [6.45, 7) is 11.5. The third-order valence-corrected chi connectivity index (χ3v) is 3.30. The summed E-state index contributed by atoms with van der Waals surface area (Å²) >= 11 is 0. The van der Waals surface area contributed by atoms with Gasteiger partial charge in [-0.05, 0) is 57.4 Å². The van der Waals surface area contributed by atoms with Crippen LogP contribution in [0.3, 0.4) is 0 Å². The summed E-state index contributed by atoms with van der Waals surface area (Å²) in [4.78, 5) is 0. The number of ether oxygens (including phenoxy) is 1. The minimum absolute atomic E-state index is 0.0993. The lowest BCUT2D eigenvalue weighted by molar-refractivity contribution is 0.359. The summed E-state index contributed by atoms with van der Waals surface area (Å²) in [5.74, 6) is 0.537. The van der Waals surface area contributed by atoms with E-state index in [1.54, 1.807) is 19.2 Å². The number of nitrogens with one attached hydrogen (secondary N) is 1. The highest BCUT2D eigenvalue weighted by atomic mass is 19.1. The molecule has 0 amide bonds. The molecule has 3 heteroatoms. The molecule has 0 radical (unpaired) electrons. The number of methoxy groups -OCH3 is 1. The van der Waals surface area contributed by atoms with Crippen molar-refractivity contribution in [3.05, 3.63) is 29.6 Å². The third-order valence-electron chi connectivity index (χ3n) is 3.30. The van der Waals surface area contributed by atoms with Gasteiger partial charge in [0.2, 0.25) is 0 Å². The molecule has 0 saturated carbocycles. The van der Waals surface area contributed by atoms with E-state index in [1.165, 1.54) is 6.07 Å². The molecular formula is C16H26FNO. The van der Waals surface area contributed by atoms with Gasteiger partial charge in [0.15, 0.2) is 0 Å². The van der Waals surface area contributed by atoms with E-state index in [0.717, 1.165) is 24.3 Å². The molecule has 1 aromatic carbocycles. The largest absolute Gasteiger partial charge is 0.496 e. The standard InChI is InChI=1S/C16H26FNO/c1-15(2,3)18-10-9-16(4,5)13-11-12(17)7-8-14(13)19-6/h7-8,11,18H,9-10H2,1-6H3. The Morgan fingerprint density at radius 2 is 1.79 bits per heavy atom. The van der Waals surface area contributed by atoms with Gasteiger partial charge in [-0.2, -0.15) is 0 Å². The van der Waals surface area contributed by atoms with Gasteiger partial charge in [-0.25, -0.2) is 4.39 Å². The smallest absolute Gasteiger partial charge is 0.123 e. The van der Waals surface area contributed by atoms with Gasteiger partial charge in [-0.15, -0.1) is 0 Å². The predicted molar refractivity (Wildman–Crippen MR) is 78.4 cm³/mol. The normalized spacial score (nSPS) is 12.6. The number of halogens is 1. The molecule has 0 heterocycles. The van der Waals surface area contributed by atoms with Crippen molar-refractivity contribution in [3.63, 3.8) is 0 Å². The Morgan fingerprint density at radius 3 is 2.32 bits per heavy atom. The van der Waals surface area contributed by atoms with E-state index in [9.17, 15) is 4.39 Å². The minimum atomic E-state index is -0.215. The first-order chi connectivity index (χ1) is 8.65. The highest BCUT2D eigenvalue weighted by Gasteiger charge is 2.25. The maximum absolute atomic E-state index is 13.5. The molecule has 0 aliphatic carbocycles. The van der Waals surface area contributed by atoms with Crippen molar-refractivity contribution in [2.45, 2.75) is 52.0 Å². The van der Waals surface area contributed by atoms with Crippen LogP contribution in [0.25, 0.3) is 0 Å². The molecule has 0 spiro atoms. The lowest BCUT2D eigenvalue weighted by Crippen LogP contribution is -2.38. The Bertz CT molecular complexity index is 421. The fraction of sp³-hybridized carbons (Fsp3) is 0.625. The second-order valence-electron chi connectivity index (χ2n) is 6.66. The van der Waals surface area contributed by atoms with Crippen molar-refractivity contribution in [2.24, 2.45) is 0 Å². The van der Waals surface area contributed by atoms with Crippen LogP contribution in [-0.4, -0.2) is 19.2 Å². The van der Waals surface area contributed by atoms with Crippen molar-refractivity contribution in [2.75, 3.05) is 13.7 Å². The molecule has 0 aliphatic rings. The lowest BCUT2D eigenvalue weighted by Gasteiger charge is -2.29. The van der Waals surface area contributed by atoms with E-state index >= 15 is 0 Å². The summed E-state index contributed by atoms with van der Waals surface area (Å²) in [6.07, 6.45) is 0.921. The third kappa shape index (κ3) is 4.83. The molecule has 1 N–H and O–H groups in total. The molecule has 0 saturated heterocycles. The SMILES string of the molecule is COc1ccc(F)cc1C(C)(C)CCNC(C)(C)C. The van der Waals surface area contributed by atoms with Gasteiger partial charge >= 0.3 is 0 Å². The predicted octanol–water partition coefficient (Wildman–Crippen LogP) is 3.89. The van der Waals surface area contributed by atoms with Gasteiger partial charge in [0.1, 0.15) is 11.6 Å². The van der Waals surface area contributed by atoms with Crippen LogP contribution in [0.5, 0.6) is 5.75 Å². The average molecular weight is 267 g/mol. The zero-order chi connectivity index (χ0) is 14.7. The molecule has 2 nitrogen and oxygen atoms in total. The molecular weight excluding hydrogens is 241 g/mol. The van der Waals surface area contributed by atoms with E-state index in [-0.39, 0.29) is 16.8 Å². The molecule has 0 bridgehead atoms. The second-order valence-corrected chi connectivity index (χ2v) is 6.66. The zero-order valence-electron chi connectivity index (χ0n) is 12.9. The quantitative estimate of drug-likeness (QED) is 0.874. The Kier molecular flexibility index (Phi) is 4.97. The van der Waals surface area contributed by atoms with Crippen LogP contribution >= 0.6 is 0 Å². The van der Waals surface area contributed by atoms with Gasteiger partial charge < -0.3 is 10.1 Å². The Balaban J connectivity index is 2.84. The summed E-state index contributed by atoms with van der Waals surface area (Å²) in [7, 11) is 1.63. The van der Waals surface area contributed by atoms with Crippen molar-refractivity contribution in [1.82, 2.24) is 5.32 Å². The number of benzene rings is 1. The Labute approximate surface area is 116 Å². The van der Waals surface area contributed by atoms with Crippen LogP contribution in [0.4, 0.5) is 4.39 Å². The summed E-state index contributed by atoms with van der Waals surface area (Å²) < 4.78 is 18.8. The Hall–Kier alpha value is -1.09. The first kappa shape index (κ1) is 16.0. The number of hydrogen-bond donors (Lipinski definition) is 1. The molecule has 108 valence electrons. The fourth-order valence-corrected chi connectivity index (χ4v) is 2.09. The van der Waals surface area contributed by atoms with E-state index in [0.29, 0.717) is 0 Å². The topological polar surface area (TPSA) is 21.3 Å². The maximum Gasteiger partial charge on any atom is 0.123 e. The van der Waals surface area contributed by atoms with Gasteiger partial charge in [0.25, 0.3) is 0 Å². The number of rotatable bonds is 5. The molecule has 0 unspecified atom stereocenters. The fourth-order valence-electron chi connectivity index (χ4n) is 2.09. The van der Waals surface area contributed by atoms with E-state index in [2.05, 4.69) is 39.9 Å². The summed E-state index contributed by atoms with van der Waals surface area (Å²) in [6, 6.07) is 4.71. The van der Waals surface area contributed by atoms with Crippen LogP contribution in [0.15, 0.2) is 18.2 Å². The number of hydrogen-bond acceptors (Lipinski definition) is 2. The Morgan fingerprint density at radius 1 is 1.16 bits per heavy atom. The molecule has 1 aromatic rings. The van der Waals surface area contributed by atoms with Crippen LogP contribution < -0.4 is 10.1 Å². The van der Waals surface area contributed by atoms with Crippen molar-refractivity contribution < 1.29 is 9.13 Å². The zero-order valence-corrected chi connectivity index (χ0v) is 12.9. The van der Waals surface area contributed by atoms with Crippen LogP contribution in [0.2, 0.25) is 0 Å². The maximum atomic E-state index is 13.5. The van der Waals surface area contributed by atoms with Crippen molar-refractivity contribution >= 4 is 0 Å². The molecule has 0 atom stereocenters. The van der Waals surface area contributed by atoms with Crippen molar-refractivity contribution in [1.29, 1.82) is 0 Å². The van der Waals surface area contributed by atoms with Gasteiger partial charge in [-0.1, -0.05) is 13.8 Å². The highest BCUT2D eigenvalue weighted by Crippen LogP contribution is 2.34. The highest BCUT2D eigenvalue weighted by molar-refractivity contribution is 5.39. The average Bonchev–Trinajstić information content (AvgIpc) is 2.27. The van der Waals surface area contributed by atoms with Crippen LogP contribution in [0.1, 0.15) is 46.6 Å². The second kappa shape index (κ2) is 5.91. The van der Waals surface area contributed by atoms with E-state index in [4.69, 9.17) is 4.74 Å². The van der Waals surface area contributed by atoms with E-state index in [1.807, 2.05) is 0 Å². The van der Waals surface area contributed by atoms with Gasteiger partial charge in [0, 0.05) is 11.1 Å². The first-order valence-electron chi connectivity index (χ1n) is 6.75. The summed E-state index contributed by atoms with van der Waals surface area (Å²) in [5.41, 5.74) is 0.888. The molecule has 0 aliphatic heterocycles.